The van der Waals surface area contributed by atoms with Crippen LogP contribution in [-0.2, 0) is 6.42 Å². The Morgan fingerprint density at radius 2 is 2.25 bits per heavy atom. The second-order valence-corrected chi connectivity index (χ2v) is 4.14. The minimum Gasteiger partial charge on any atom is -0.352 e. The Labute approximate surface area is 96.1 Å². The molecule has 0 bridgehead atoms. The number of hydrogen-bond donors (Lipinski definition) is 1. The molecule has 0 saturated carbocycles. The number of amides is 1. The summed E-state index contributed by atoms with van der Waals surface area (Å²) < 4.78 is 0. The van der Waals surface area contributed by atoms with Crippen LogP contribution < -0.4 is 5.32 Å². The van der Waals surface area contributed by atoms with E-state index >= 15 is 0 Å². The Bertz CT molecular complexity index is 405. The molecule has 0 aliphatic rings. The van der Waals surface area contributed by atoms with E-state index in [9.17, 15) is 4.79 Å². The fraction of sp³-hybridized carbons (Fsp3) is 0.385. The van der Waals surface area contributed by atoms with Gasteiger partial charge in [0.05, 0.1) is 12.5 Å². The van der Waals surface area contributed by atoms with Gasteiger partial charge in [0, 0.05) is 12.1 Å². The third-order valence-electron chi connectivity index (χ3n) is 2.14. The number of carbonyl (C=O) groups excluding carboxylic acids is 1. The molecule has 0 aliphatic carbocycles. The van der Waals surface area contributed by atoms with Gasteiger partial charge in [0.2, 0.25) is 0 Å². The van der Waals surface area contributed by atoms with Gasteiger partial charge >= 0.3 is 0 Å². The van der Waals surface area contributed by atoms with Crippen LogP contribution in [0.25, 0.3) is 0 Å². The Balaban J connectivity index is 2.68. The van der Waals surface area contributed by atoms with Gasteiger partial charge in [0.25, 0.3) is 5.91 Å². The van der Waals surface area contributed by atoms with Gasteiger partial charge in [-0.1, -0.05) is 26.0 Å². The predicted molar refractivity (Wildman–Crippen MR) is 62.9 cm³/mol. The summed E-state index contributed by atoms with van der Waals surface area (Å²) in [5.74, 6) is 0.361. The van der Waals surface area contributed by atoms with Crippen LogP contribution in [0.4, 0.5) is 0 Å². The molecule has 1 amide bonds. The molecule has 0 spiro atoms. The third-order valence-corrected chi connectivity index (χ3v) is 2.14. The van der Waals surface area contributed by atoms with Gasteiger partial charge in [0.15, 0.2) is 0 Å². The van der Waals surface area contributed by atoms with Crippen LogP contribution >= 0.6 is 0 Å². The Morgan fingerprint density at radius 1 is 1.50 bits per heavy atom. The van der Waals surface area contributed by atoms with Crippen LogP contribution in [0.15, 0.2) is 24.3 Å². The van der Waals surface area contributed by atoms with Crippen LogP contribution in [-0.4, -0.2) is 12.5 Å². The first-order valence-corrected chi connectivity index (χ1v) is 5.37. The molecule has 0 unspecified atom stereocenters. The molecular formula is C13H16N2O. The molecule has 84 valence electrons. The smallest absolute Gasteiger partial charge is 0.251 e. The standard InChI is InChI=1S/C13H16N2O/c1-10(2)9-15-13(16)12-5-3-4-11(8-12)6-7-14/h3-5,8,10H,6,9H2,1-2H3,(H,15,16). The first-order chi connectivity index (χ1) is 7.63. The van der Waals surface area contributed by atoms with Gasteiger partial charge in [0.1, 0.15) is 0 Å². The van der Waals surface area contributed by atoms with Crippen molar-refractivity contribution in [2.75, 3.05) is 6.54 Å². The minimum atomic E-state index is -0.0755. The van der Waals surface area contributed by atoms with Crippen LogP contribution in [0.2, 0.25) is 0 Å². The van der Waals surface area contributed by atoms with Crippen molar-refractivity contribution in [3.8, 4) is 6.07 Å². The highest BCUT2D eigenvalue weighted by Crippen LogP contribution is 2.06. The van der Waals surface area contributed by atoms with Crippen molar-refractivity contribution in [3.63, 3.8) is 0 Å². The fourth-order valence-electron chi connectivity index (χ4n) is 1.31. The number of nitriles is 1. The zero-order valence-electron chi connectivity index (χ0n) is 9.66. The normalized spacial score (nSPS) is 9.88. The minimum absolute atomic E-state index is 0.0755. The van der Waals surface area contributed by atoms with E-state index in [4.69, 9.17) is 5.26 Å². The molecule has 3 nitrogen and oxygen atoms in total. The highest BCUT2D eigenvalue weighted by atomic mass is 16.1. The average Bonchev–Trinajstić information content (AvgIpc) is 2.26. The number of carbonyl (C=O) groups is 1. The largest absolute Gasteiger partial charge is 0.352 e. The van der Waals surface area contributed by atoms with E-state index in [1.165, 1.54) is 0 Å². The highest BCUT2D eigenvalue weighted by molar-refractivity contribution is 5.94. The average molecular weight is 216 g/mol. The Hall–Kier alpha value is -1.82. The molecule has 3 heteroatoms. The summed E-state index contributed by atoms with van der Waals surface area (Å²) in [6.45, 7) is 4.76. The fourth-order valence-corrected chi connectivity index (χ4v) is 1.31. The van der Waals surface area contributed by atoms with E-state index in [1.807, 2.05) is 19.9 Å². The molecule has 0 radical (unpaired) electrons. The van der Waals surface area contributed by atoms with Crippen molar-refractivity contribution in [2.24, 2.45) is 5.92 Å². The maximum Gasteiger partial charge on any atom is 0.251 e. The number of nitrogens with one attached hydrogen (secondary N) is 1. The lowest BCUT2D eigenvalue weighted by molar-refractivity contribution is 0.0949. The summed E-state index contributed by atoms with van der Waals surface area (Å²) in [4.78, 5) is 11.7. The van der Waals surface area contributed by atoms with E-state index < -0.39 is 0 Å². The van der Waals surface area contributed by atoms with Crippen LogP contribution in [0.5, 0.6) is 0 Å². The maximum atomic E-state index is 11.7. The highest BCUT2D eigenvalue weighted by Gasteiger charge is 2.06. The van der Waals surface area contributed by atoms with E-state index in [-0.39, 0.29) is 5.91 Å². The van der Waals surface area contributed by atoms with E-state index in [0.29, 0.717) is 24.4 Å². The molecule has 1 rings (SSSR count). The van der Waals surface area contributed by atoms with Crippen LogP contribution in [0.1, 0.15) is 29.8 Å². The summed E-state index contributed by atoms with van der Waals surface area (Å²) in [6.07, 6.45) is 0.339. The summed E-state index contributed by atoms with van der Waals surface area (Å²) in [5.41, 5.74) is 1.49. The molecule has 0 aromatic heterocycles. The quantitative estimate of drug-likeness (QED) is 0.838. The van der Waals surface area contributed by atoms with Crippen molar-refractivity contribution in [1.29, 1.82) is 5.26 Å². The predicted octanol–water partition coefficient (Wildman–Crippen LogP) is 2.14. The van der Waals surface area contributed by atoms with E-state index in [1.54, 1.807) is 18.2 Å². The summed E-state index contributed by atoms with van der Waals surface area (Å²) >= 11 is 0. The molecule has 0 aliphatic heterocycles. The number of benzene rings is 1. The monoisotopic (exact) mass is 216 g/mol. The van der Waals surface area contributed by atoms with Gasteiger partial charge in [-0.05, 0) is 23.6 Å². The molecule has 0 saturated heterocycles. The third kappa shape index (κ3) is 3.74. The molecule has 16 heavy (non-hydrogen) atoms. The molecule has 1 aromatic rings. The van der Waals surface area contributed by atoms with Crippen LogP contribution in [0.3, 0.4) is 0 Å². The van der Waals surface area contributed by atoms with Crippen molar-refractivity contribution in [1.82, 2.24) is 5.32 Å². The van der Waals surface area contributed by atoms with E-state index in [0.717, 1.165) is 5.56 Å². The zero-order valence-corrected chi connectivity index (χ0v) is 9.66. The van der Waals surface area contributed by atoms with E-state index in [2.05, 4.69) is 11.4 Å². The number of nitrogens with zero attached hydrogens (tertiary/aromatic N) is 1. The first-order valence-electron chi connectivity index (χ1n) is 5.37. The van der Waals surface area contributed by atoms with Crippen molar-refractivity contribution in [2.45, 2.75) is 20.3 Å². The number of hydrogen-bond acceptors (Lipinski definition) is 2. The molecule has 0 heterocycles. The molecule has 1 N–H and O–H groups in total. The zero-order chi connectivity index (χ0) is 12.0. The molecular weight excluding hydrogens is 200 g/mol. The summed E-state index contributed by atoms with van der Waals surface area (Å²) in [5, 5.41) is 11.4. The maximum absolute atomic E-state index is 11.7. The second kappa shape index (κ2) is 5.92. The van der Waals surface area contributed by atoms with Gasteiger partial charge < -0.3 is 5.32 Å². The lowest BCUT2D eigenvalue weighted by atomic mass is 10.1. The summed E-state index contributed by atoms with van der Waals surface area (Å²) in [6, 6.07) is 9.24. The van der Waals surface area contributed by atoms with Gasteiger partial charge in [-0.3, -0.25) is 4.79 Å². The lowest BCUT2D eigenvalue weighted by Gasteiger charge is -2.08. The SMILES string of the molecule is CC(C)CNC(=O)c1cccc(CC#N)c1. The van der Waals surface area contributed by atoms with Gasteiger partial charge in [-0.15, -0.1) is 0 Å². The van der Waals surface area contributed by atoms with Crippen LogP contribution in [0, 0.1) is 17.2 Å². The van der Waals surface area contributed by atoms with Gasteiger partial charge in [-0.25, -0.2) is 0 Å². The topological polar surface area (TPSA) is 52.9 Å². The van der Waals surface area contributed by atoms with Crippen molar-refractivity contribution >= 4 is 5.91 Å². The molecule has 1 aromatic carbocycles. The molecule has 0 fully saturated rings. The van der Waals surface area contributed by atoms with Crippen molar-refractivity contribution in [3.05, 3.63) is 35.4 Å². The Morgan fingerprint density at radius 3 is 2.88 bits per heavy atom. The van der Waals surface area contributed by atoms with Gasteiger partial charge in [-0.2, -0.15) is 5.26 Å². The number of rotatable bonds is 4. The Kier molecular flexibility index (Phi) is 4.53. The molecule has 0 atom stereocenters. The second-order valence-electron chi connectivity index (χ2n) is 4.14. The first kappa shape index (κ1) is 12.3. The lowest BCUT2D eigenvalue weighted by Crippen LogP contribution is -2.27. The van der Waals surface area contributed by atoms with Crippen molar-refractivity contribution < 1.29 is 4.79 Å². The summed E-state index contributed by atoms with van der Waals surface area (Å²) in [7, 11) is 0.